The fraction of sp³-hybridized carbons (Fsp3) is 0.500. The van der Waals surface area contributed by atoms with E-state index in [-0.39, 0.29) is 29.4 Å². The average Bonchev–Trinajstić information content (AvgIpc) is 3.22. The fourth-order valence-electron chi connectivity index (χ4n) is 4.15. The van der Waals surface area contributed by atoms with Gasteiger partial charge in [-0.05, 0) is 25.5 Å². The number of nitrogens with one attached hydrogen (secondary N) is 2. The maximum absolute atomic E-state index is 13.1. The van der Waals surface area contributed by atoms with Crippen molar-refractivity contribution < 1.29 is 9.53 Å². The first-order valence-corrected chi connectivity index (χ1v) is 9.20. The molecule has 2 N–H and O–H groups in total. The first-order valence-electron chi connectivity index (χ1n) is 9.20. The molecule has 0 bridgehead atoms. The molecule has 0 spiro atoms. The van der Waals surface area contributed by atoms with Crippen LogP contribution in [-0.4, -0.2) is 34.4 Å². The Balaban J connectivity index is 1.54. The first-order chi connectivity index (χ1) is 12.4. The van der Waals surface area contributed by atoms with E-state index in [0.717, 1.165) is 29.8 Å². The second kappa shape index (κ2) is 6.43. The van der Waals surface area contributed by atoms with E-state index in [1.807, 2.05) is 43.7 Å². The number of fused-ring (bicyclic) bond motifs is 1. The third kappa shape index (κ3) is 3.21. The van der Waals surface area contributed by atoms with Crippen molar-refractivity contribution in [3.05, 3.63) is 47.8 Å². The monoisotopic (exact) mass is 354 g/mol. The van der Waals surface area contributed by atoms with Gasteiger partial charge in [-0.3, -0.25) is 9.48 Å². The quantitative estimate of drug-likeness (QED) is 0.886. The van der Waals surface area contributed by atoms with E-state index in [1.165, 1.54) is 0 Å². The maximum Gasteiger partial charge on any atom is 0.225 e. The van der Waals surface area contributed by atoms with E-state index in [9.17, 15) is 4.79 Å². The summed E-state index contributed by atoms with van der Waals surface area (Å²) in [6, 6.07) is 7.96. The summed E-state index contributed by atoms with van der Waals surface area (Å²) >= 11 is 0. The molecule has 1 saturated heterocycles. The zero-order valence-corrected chi connectivity index (χ0v) is 15.5. The Kier molecular flexibility index (Phi) is 4.23. The number of amides is 1. The number of ether oxygens (including phenoxy) is 1. The Labute approximate surface area is 153 Å². The highest BCUT2D eigenvalue weighted by molar-refractivity contribution is 5.81. The van der Waals surface area contributed by atoms with Crippen molar-refractivity contribution >= 4 is 5.91 Å². The summed E-state index contributed by atoms with van der Waals surface area (Å²) in [7, 11) is 1.90. The number of hydrogen-bond acceptors (Lipinski definition) is 4. The maximum atomic E-state index is 13.1. The lowest BCUT2D eigenvalue weighted by Crippen LogP contribution is -2.43. The Morgan fingerprint density at radius 3 is 2.92 bits per heavy atom. The van der Waals surface area contributed by atoms with Crippen molar-refractivity contribution in [1.29, 1.82) is 0 Å². The Morgan fingerprint density at radius 1 is 1.35 bits per heavy atom. The van der Waals surface area contributed by atoms with E-state index >= 15 is 0 Å². The number of benzene rings is 1. The van der Waals surface area contributed by atoms with Crippen LogP contribution >= 0.6 is 0 Å². The smallest absolute Gasteiger partial charge is 0.225 e. The fourth-order valence-corrected chi connectivity index (χ4v) is 4.15. The summed E-state index contributed by atoms with van der Waals surface area (Å²) in [6.07, 6.45) is 4.63. The van der Waals surface area contributed by atoms with E-state index in [1.54, 1.807) is 4.68 Å². The van der Waals surface area contributed by atoms with E-state index in [4.69, 9.17) is 4.74 Å². The van der Waals surface area contributed by atoms with Gasteiger partial charge >= 0.3 is 0 Å². The van der Waals surface area contributed by atoms with Crippen molar-refractivity contribution in [3.63, 3.8) is 0 Å². The van der Waals surface area contributed by atoms with Crippen molar-refractivity contribution in [1.82, 2.24) is 20.4 Å². The van der Waals surface area contributed by atoms with Crippen molar-refractivity contribution in [2.75, 3.05) is 13.1 Å². The molecule has 6 nitrogen and oxygen atoms in total. The summed E-state index contributed by atoms with van der Waals surface area (Å²) in [5.74, 6) is 1.04. The second-order valence-corrected chi connectivity index (χ2v) is 7.98. The number of hydrogen-bond donors (Lipinski definition) is 2. The van der Waals surface area contributed by atoms with Crippen molar-refractivity contribution in [3.8, 4) is 5.75 Å². The zero-order valence-electron chi connectivity index (χ0n) is 15.5. The van der Waals surface area contributed by atoms with Gasteiger partial charge in [-0.25, -0.2) is 0 Å². The molecule has 1 aromatic carbocycles. The number of nitrogens with zero attached hydrogens (tertiary/aromatic N) is 2. The first kappa shape index (κ1) is 17.1. The topological polar surface area (TPSA) is 68.2 Å². The minimum atomic E-state index is -0.303. The lowest BCUT2D eigenvalue weighted by Gasteiger charge is -2.38. The van der Waals surface area contributed by atoms with Crippen LogP contribution in [0.5, 0.6) is 5.75 Å². The molecule has 1 amide bonds. The highest BCUT2D eigenvalue weighted by Crippen LogP contribution is 2.39. The van der Waals surface area contributed by atoms with Gasteiger partial charge in [-0.2, -0.15) is 5.10 Å². The van der Waals surface area contributed by atoms with Gasteiger partial charge in [0.15, 0.2) is 0 Å². The van der Waals surface area contributed by atoms with Gasteiger partial charge in [-0.15, -0.1) is 0 Å². The zero-order chi connectivity index (χ0) is 18.3. The minimum Gasteiger partial charge on any atom is -0.487 e. The summed E-state index contributed by atoms with van der Waals surface area (Å²) in [5.41, 5.74) is 1.87. The van der Waals surface area contributed by atoms with Crippen LogP contribution in [0.25, 0.3) is 0 Å². The minimum absolute atomic E-state index is 0.0300. The predicted octanol–water partition coefficient (Wildman–Crippen LogP) is 2.14. The van der Waals surface area contributed by atoms with Crippen LogP contribution in [0.2, 0.25) is 0 Å². The normalized spacial score (nSPS) is 26.8. The average molecular weight is 354 g/mol. The molecule has 0 saturated carbocycles. The molecular formula is C20H26N4O2. The van der Waals surface area contributed by atoms with Gasteiger partial charge in [0.25, 0.3) is 0 Å². The van der Waals surface area contributed by atoms with Crippen LogP contribution in [0.15, 0.2) is 36.7 Å². The molecule has 0 aliphatic carbocycles. The molecule has 2 aromatic rings. The number of para-hydroxylation sites is 1. The predicted molar refractivity (Wildman–Crippen MR) is 99.0 cm³/mol. The lowest BCUT2D eigenvalue weighted by atomic mass is 9.87. The number of carbonyl (C=O) groups is 1. The Bertz CT molecular complexity index is 814. The Morgan fingerprint density at radius 2 is 2.15 bits per heavy atom. The van der Waals surface area contributed by atoms with Gasteiger partial charge in [-0.1, -0.05) is 18.2 Å². The molecule has 26 heavy (non-hydrogen) atoms. The summed E-state index contributed by atoms with van der Waals surface area (Å²) < 4.78 is 7.87. The summed E-state index contributed by atoms with van der Waals surface area (Å²) in [4.78, 5) is 13.1. The standard InChI is InChI=1S/C20H26N4O2/c1-20(2)8-17(14-6-4-5-7-18(14)26-20)23-19(25)16-11-21-10-15(16)13-9-22-24(3)12-13/h4-7,9,12,15-17,21H,8,10-11H2,1-3H3,(H,23,25)/t15-,16+,17?/m1/s1. The highest BCUT2D eigenvalue weighted by Gasteiger charge is 2.39. The molecule has 2 aliphatic heterocycles. The van der Waals surface area contributed by atoms with Gasteiger partial charge in [0.1, 0.15) is 11.4 Å². The van der Waals surface area contributed by atoms with Gasteiger partial charge in [0.2, 0.25) is 5.91 Å². The second-order valence-electron chi connectivity index (χ2n) is 7.98. The van der Waals surface area contributed by atoms with Crippen LogP contribution in [0.1, 0.15) is 43.4 Å². The molecule has 0 radical (unpaired) electrons. The van der Waals surface area contributed by atoms with Crippen LogP contribution in [-0.2, 0) is 11.8 Å². The number of carbonyl (C=O) groups excluding carboxylic acids is 1. The number of rotatable bonds is 3. The third-order valence-electron chi connectivity index (χ3n) is 5.40. The SMILES string of the molecule is Cn1cc([C@H]2CNC[C@@H]2C(=O)NC2CC(C)(C)Oc3ccccc32)cn1. The van der Waals surface area contributed by atoms with Crippen LogP contribution in [0, 0.1) is 5.92 Å². The molecule has 138 valence electrons. The van der Waals surface area contributed by atoms with Gasteiger partial charge < -0.3 is 15.4 Å². The van der Waals surface area contributed by atoms with Crippen LogP contribution in [0.4, 0.5) is 0 Å². The molecule has 4 rings (SSSR count). The summed E-state index contributed by atoms with van der Waals surface area (Å²) in [6.45, 7) is 5.63. The van der Waals surface area contributed by atoms with E-state index < -0.39 is 0 Å². The largest absolute Gasteiger partial charge is 0.487 e. The van der Waals surface area contributed by atoms with E-state index in [0.29, 0.717) is 6.54 Å². The highest BCUT2D eigenvalue weighted by atomic mass is 16.5. The molecule has 1 unspecified atom stereocenters. The molecule has 1 fully saturated rings. The molecule has 2 aliphatic rings. The molecule has 3 atom stereocenters. The molecular weight excluding hydrogens is 328 g/mol. The van der Waals surface area contributed by atoms with Crippen molar-refractivity contribution in [2.45, 2.75) is 37.8 Å². The van der Waals surface area contributed by atoms with Gasteiger partial charge in [0.05, 0.1) is 18.2 Å². The molecule has 3 heterocycles. The van der Waals surface area contributed by atoms with Crippen molar-refractivity contribution in [2.24, 2.45) is 13.0 Å². The van der Waals surface area contributed by atoms with Crippen LogP contribution < -0.4 is 15.4 Å². The van der Waals surface area contributed by atoms with Crippen LogP contribution in [0.3, 0.4) is 0 Å². The van der Waals surface area contributed by atoms with Gasteiger partial charge in [0, 0.05) is 44.2 Å². The number of aromatic nitrogens is 2. The lowest BCUT2D eigenvalue weighted by molar-refractivity contribution is -0.126. The summed E-state index contributed by atoms with van der Waals surface area (Å²) in [5, 5.41) is 10.9. The third-order valence-corrected chi connectivity index (χ3v) is 5.40. The molecule has 1 aromatic heterocycles. The number of aryl methyl sites for hydroxylation is 1. The Hall–Kier alpha value is -2.34. The van der Waals surface area contributed by atoms with E-state index in [2.05, 4.69) is 29.6 Å². The molecule has 6 heteroatoms.